The molecule has 0 bridgehead atoms. The molecular weight excluding hydrogens is 248 g/mol. The summed E-state index contributed by atoms with van der Waals surface area (Å²) in [6.45, 7) is 0.910. The molecule has 0 aromatic heterocycles. The van der Waals surface area contributed by atoms with Gasteiger partial charge in [0.1, 0.15) is 5.75 Å². The van der Waals surface area contributed by atoms with Gasteiger partial charge < -0.3 is 15.0 Å². The minimum atomic E-state index is 0.309. The van der Waals surface area contributed by atoms with E-state index in [1.807, 2.05) is 25.2 Å². The lowest BCUT2D eigenvalue weighted by atomic mass is 10.1. The van der Waals surface area contributed by atoms with Crippen LogP contribution in [0.4, 0.5) is 5.69 Å². The zero-order valence-corrected chi connectivity index (χ0v) is 12.3. The summed E-state index contributed by atoms with van der Waals surface area (Å²) in [5.74, 6) is 0.885. The first kappa shape index (κ1) is 14.4. The topological polar surface area (TPSA) is 24.5 Å². The van der Waals surface area contributed by atoms with Crippen LogP contribution in [0.3, 0.4) is 0 Å². The Balaban J connectivity index is 2.06. The Bertz CT molecular complexity index is 510. The highest BCUT2D eigenvalue weighted by Gasteiger charge is 2.12. The molecule has 2 aromatic rings. The van der Waals surface area contributed by atoms with Crippen LogP contribution in [0.1, 0.15) is 11.6 Å². The predicted molar refractivity (Wildman–Crippen MR) is 84.5 cm³/mol. The number of likely N-dealkylation sites (N-methyl/N-ethyl adjacent to an activating group) is 2. The molecule has 3 nitrogen and oxygen atoms in total. The zero-order valence-electron chi connectivity index (χ0n) is 12.3. The molecule has 3 heteroatoms. The lowest BCUT2D eigenvalue weighted by Crippen LogP contribution is -2.31. The van der Waals surface area contributed by atoms with Gasteiger partial charge >= 0.3 is 0 Å². The third kappa shape index (κ3) is 3.52. The second-order valence-electron chi connectivity index (χ2n) is 4.83. The van der Waals surface area contributed by atoms with E-state index in [1.54, 1.807) is 7.11 Å². The fourth-order valence-electron chi connectivity index (χ4n) is 2.26. The maximum absolute atomic E-state index is 5.19. The summed E-state index contributed by atoms with van der Waals surface area (Å²) in [5.41, 5.74) is 2.48. The van der Waals surface area contributed by atoms with Gasteiger partial charge in [0.05, 0.1) is 7.11 Å². The summed E-state index contributed by atoms with van der Waals surface area (Å²) in [6, 6.07) is 19.0. The molecule has 106 valence electrons. The second-order valence-corrected chi connectivity index (χ2v) is 4.83. The summed E-state index contributed by atoms with van der Waals surface area (Å²) < 4.78 is 5.19. The van der Waals surface area contributed by atoms with E-state index in [9.17, 15) is 0 Å². The van der Waals surface area contributed by atoms with Gasteiger partial charge in [0.25, 0.3) is 0 Å². The standard InChI is InChI=1S/C17H22N2O/c1-18-17(14-7-5-4-6-8-14)13-19(2)15-9-11-16(20-3)12-10-15/h4-12,17-18H,13H2,1-3H3. The maximum atomic E-state index is 5.19. The molecule has 0 spiro atoms. The van der Waals surface area contributed by atoms with Gasteiger partial charge in [0.15, 0.2) is 0 Å². The van der Waals surface area contributed by atoms with Crippen molar-refractivity contribution in [2.24, 2.45) is 0 Å². The van der Waals surface area contributed by atoms with Gasteiger partial charge in [-0.15, -0.1) is 0 Å². The molecule has 0 aliphatic heterocycles. The quantitative estimate of drug-likeness (QED) is 0.873. The van der Waals surface area contributed by atoms with Crippen molar-refractivity contribution in [3.8, 4) is 5.75 Å². The number of anilines is 1. The molecule has 20 heavy (non-hydrogen) atoms. The van der Waals surface area contributed by atoms with Gasteiger partial charge in [-0.05, 0) is 36.9 Å². The van der Waals surface area contributed by atoms with Crippen LogP contribution in [-0.4, -0.2) is 27.7 Å². The zero-order chi connectivity index (χ0) is 14.4. The maximum Gasteiger partial charge on any atom is 0.119 e. The average Bonchev–Trinajstić information content (AvgIpc) is 2.53. The summed E-state index contributed by atoms with van der Waals surface area (Å²) in [6.07, 6.45) is 0. The van der Waals surface area contributed by atoms with Crippen molar-refractivity contribution in [1.82, 2.24) is 5.32 Å². The van der Waals surface area contributed by atoms with Gasteiger partial charge in [-0.1, -0.05) is 30.3 Å². The lowest BCUT2D eigenvalue weighted by molar-refractivity contribution is 0.415. The predicted octanol–water partition coefficient (Wildman–Crippen LogP) is 3.09. The van der Waals surface area contributed by atoms with Crippen LogP contribution in [0.2, 0.25) is 0 Å². The van der Waals surface area contributed by atoms with E-state index < -0.39 is 0 Å². The molecule has 1 unspecified atom stereocenters. The largest absolute Gasteiger partial charge is 0.497 e. The van der Waals surface area contributed by atoms with Crippen LogP contribution in [0.25, 0.3) is 0 Å². The van der Waals surface area contributed by atoms with E-state index in [0.29, 0.717) is 6.04 Å². The number of nitrogens with zero attached hydrogens (tertiary/aromatic N) is 1. The molecule has 1 N–H and O–H groups in total. The van der Waals surface area contributed by atoms with E-state index >= 15 is 0 Å². The molecule has 0 saturated heterocycles. The number of hydrogen-bond acceptors (Lipinski definition) is 3. The highest BCUT2D eigenvalue weighted by molar-refractivity contribution is 5.48. The van der Waals surface area contributed by atoms with E-state index in [-0.39, 0.29) is 0 Å². The van der Waals surface area contributed by atoms with Crippen molar-refractivity contribution < 1.29 is 4.74 Å². The number of rotatable bonds is 6. The first-order valence-electron chi connectivity index (χ1n) is 6.82. The number of nitrogens with one attached hydrogen (secondary N) is 1. The van der Waals surface area contributed by atoms with Gasteiger partial charge in [-0.25, -0.2) is 0 Å². The van der Waals surface area contributed by atoms with E-state index in [1.165, 1.54) is 11.3 Å². The van der Waals surface area contributed by atoms with Crippen LogP contribution < -0.4 is 15.0 Å². The van der Waals surface area contributed by atoms with Crippen LogP contribution in [0, 0.1) is 0 Å². The molecule has 0 aliphatic rings. The van der Waals surface area contributed by atoms with Crippen molar-refractivity contribution in [1.29, 1.82) is 0 Å². The first-order chi connectivity index (χ1) is 9.74. The molecule has 0 amide bonds. The second kappa shape index (κ2) is 6.96. The Hall–Kier alpha value is -2.00. The Morgan fingerprint density at radius 3 is 2.25 bits per heavy atom. The van der Waals surface area contributed by atoms with Gasteiger partial charge in [-0.2, -0.15) is 0 Å². The molecule has 0 heterocycles. The fraction of sp³-hybridized carbons (Fsp3) is 0.294. The Morgan fingerprint density at radius 1 is 1.05 bits per heavy atom. The Morgan fingerprint density at radius 2 is 1.70 bits per heavy atom. The number of methoxy groups -OCH3 is 1. The fourth-order valence-corrected chi connectivity index (χ4v) is 2.26. The lowest BCUT2D eigenvalue weighted by Gasteiger charge is -2.26. The number of hydrogen-bond donors (Lipinski definition) is 1. The molecule has 2 rings (SSSR count). The van der Waals surface area contributed by atoms with Gasteiger partial charge in [-0.3, -0.25) is 0 Å². The van der Waals surface area contributed by atoms with Crippen LogP contribution >= 0.6 is 0 Å². The van der Waals surface area contributed by atoms with Gasteiger partial charge in [0.2, 0.25) is 0 Å². The summed E-state index contributed by atoms with van der Waals surface area (Å²) >= 11 is 0. The number of benzene rings is 2. The van der Waals surface area contributed by atoms with Crippen molar-refractivity contribution in [2.75, 3.05) is 32.6 Å². The van der Waals surface area contributed by atoms with Gasteiger partial charge in [0, 0.05) is 25.3 Å². The minimum Gasteiger partial charge on any atom is -0.497 e. The number of ether oxygens (including phenoxy) is 1. The normalized spacial score (nSPS) is 11.9. The smallest absolute Gasteiger partial charge is 0.119 e. The van der Waals surface area contributed by atoms with Crippen molar-refractivity contribution in [2.45, 2.75) is 6.04 Å². The minimum absolute atomic E-state index is 0.309. The Kier molecular flexibility index (Phi) is 5.02. The summed E-state index contributed by atoms with van der Waals surface area (Å²) in [4.78, 5) is 2.24. The van der Waals surface area contributed by atoms with Crippen molar-refractivity contribution in [3.63, 3.8) is 0 Å². The summed E-state index contributed by atoms with van der Waals surface area (Å²) in [5, 5.41) is 3.38. The molecule has 0 radical (unpaired) electrons. The van der Waals surface area contributed by atoms with Crippen LogP contribution in [0.5, 0.6) is 5.75 Å². The third-order valence-corrected chi connectivity index (χ3v) is 3.52. The molecule has 1 atom stereocenters. The van der Waals surface area contributed by atoms with Crippen molar-refractivity contribution >= 4 is 5.69 Å². The highest BCUT2D eigenvalue weighted by Crippen LogP contribution is 2.21. The molecule has 0 aliphatic carbocycles. The molecular formula is C17H22N2O. The van der Waals surface area contributed by atoms with E-state index in [4.69, 9.17) is 4.74 Å². The van der Waals surface area contributed by atoms with E-state index in [0.717, 1.165) is 12.3 Å². The molecule has 2 aromatic carbocycles. The monoisotopic (exact) mass is 270 g/mol. The average molecular weight is 270 g/mol. The van der Waals surface area contributed by atoms with Crippen LogP contribution in [0.15, 0.2) is 54.6 Å². The molecule has 0 fully saturated rings. The van der Waals surface area contributed by atoms with Crippen molar-refractivity contribution in [3.05, 3.63) is 60.2 Å². The SMILES string of the molecule is CNC(CN(C)c1ccc(OC)cc1)c1ccccc1. The summed E-state index contributed by atoms with van der Waals surface area (Å²) in [7, 11) is 5.79. The highest BCUT2D eigenvalue weighted by atomic mass is 16.5. The Labute approximate surface area is 121 Å². The molecule has 0 saturated carbocycles. The van der Waals surface area contributed by atoms with E-state index in [2.05, 4.69) is 53.7 Å². The third-order valence-electron chi connectivity index (χ3n) is 3.52. The van der Waals surface area contributed by atoms with Crippen LogP contribution in [-0.2, 0) is 0 Å². The first-order valence-corrected chi connectivity index (χ1v) is 6.82.